The fraction of sp³-hybridized carbons (Fsp3) is 0.280. The van der Waals surface area contributed by atoms with Crippen LogP contribution >= 0.6 is 0 Å². The van der Waals surface area contributed by atoms with Crippen molar-refractivity contribution in [3.8, 4) is 0 Å². The van der Waals surface area contributed by atoms with Gasteiger partial charge in [0.05, 0.1) is 6.04 Å². The first-order valence-electron chi connectivity index (χ1n) is 10.1. The van der Waals surface area contributed by atoms with Gasteiger partial charge in [-0.1, -0.05) is 66.7 Å². The van der Waals surface area contributed by atoms with Crippen molar-refractivity contribution in [1.82, 2.24) is 10.6 Å². The molecule has 0 saturated carbocycles. The summed E-state index contributed by atoms with van der Waals surface area (Å²) in [5.74, 6) is -0.299. The van der Waals surface area contributed by atoms with Gasteiger partial charge in [-0.2, -0.15) is 0 Å². The smallest absolute Gasteiger partial charge is 0.408 e. The maximum Gasteiger partial charge on any atom is 0.408 e. The summed E-state index contributed by atoms with van der Waals surface area (Å²) >= 11 is 0. The van der Waals surface area contributed by atoms with Crippen molar-refractivity contribution >= 4 is 22.8 Å². The Hall–Kier alpha value is -3.34. The highest BCUT2D eigenvalue weighted by Gasteiger charge is 2.27. The molecule has 2 unspecified atom stereocenters. The Balaban J connectivity index is 1.87. The lowest BCUT2D eigenvalue weighted by atomic mass is 10.0. The number of carbonyl (C=O) groups is 2. The fourth-order valence-corrected chi connectivity index (χ4v) is 3.23. The first kappa shape index (κ1) is 21.4. The van der Waals surface area contributed by atoms with Crippen LogP contribution in [0, 0.1) is 0 Å². The Morgan fingerprint density at radius 2 is 1.43 bits per heavy atom. The fourth-order valence-electron chi connectivity index (χ4n) is 3.23. The third kappa shape index (κ3) is 5.60. The number of alkyl carbamates (subject to hydrolysis) is 1. The molecule has 0 spiro atoms. The first-order valence-corrected chi connectivity index (χ1v) is 10.1. The molecule has 0 bridgehead atoms. The number of benzene rings is 3. The van der Waals surface area contributed by atoms with E-state index in [1.54, 1.807) is 20.8 Å². The lowest BCUT2D eigenvalue weighted by molar-refractivity contribution is -0.124. The van der Waals surface area contributed by atoms with E-state index in [0.717, 1.165) is 16.3 Å². The van der Waals surface area contributed by atoms with E-state index in [2.05, 4.69) is 10.6 Å². The number of fused-ring (bicyclic) bond motifs is 1. The quantitative estimate of drug-likeness (QED) is 0.608. The molecule has 0 radical (unpaired) electrons. The van der Waals surface area contributed by atoms with Crippen LogP contribution in [0.1, 0.15) is 50.9 Å². The van der Waals surface area contributed by atoms with Crippen LogP contribution in [0.25, 0.3) is 10.8 Å². The summed E-state index contributed by atoms with van der Waals surface area (Å²) in [5.41, 5.74) is 1.02. The summed E-state index contributed by atoms with van der Waals surface area (Å²) in [6.07, 6.45) is -0.636. The molecule has 5 nitrogen and oxygen atoms in total. The van der Waals surface area contributed by atoms with Gasteiger partial charge in [-0.05, 0) is 55.7 Å². The van der Waals surface area contributed by atoms with Gasteiger partial charge in [0, 0.05) is 0 Å². The van der Waals surface area contributed by atoms with Crippen LogP contribution in [-0.4, -0.2) is 17.6 Å². The van der Waals surface area contributed by atoms with Crippen LogP contribution in [0.3, 0.4) is 0 Å². The van der Waals surface area contributed by atoms with Crippen molar-refractivity contribution in [1.29, 1.82) is 0 Å². The Morgan fingerprint density at radius 3 is 2.10 bits per heavy atom. The van der Waals surface area contributed by atoms with Gasteiger partial charge in [-0.3, -0.25) is 4.79 Å². The van der Waals surface area contributed by atoms with Crippen molar-refractivity contribution in [2.24, 2.45) is 0 Å². The minimum absolute atomic E-state index is 0.206. The van der Waals surface area contributed by atoms with Crippen LogP contribution in [0.4, 0.5) is 4.79 Å². The second kappa shape index (κ2) is 8.99. The summed E-state index contributed by atoms with van der Waals surface area (Å²) in [4.78, 5) is 25.6. The zero-order valence-electron chi connectivity index (χ0n) is 17.8. The van der Waals surface area contributed by atoms with Gasteiger partial charge >= 0.3 is 6.09 Å². The van der Waals surface area contributed by atoms with Crippen molar-refractivity contribution in [3.05, 3.63) is 83.9 Å². The lowest BCUT2D eigenvalue weighted by Crippen LogP contribution is -2.43. The molecule has 3 aromatic rings. The molecule has 0 aliphatic rings. The second-order valence-corrected chi connectivity index (χ2v) is 8.33. The Kier molecular flexibility index (Phi) is 6.40. The molecule has 0 heterocycles. The SMILES string of the molecule is CC(NC(=O)C(NC(=O)OC(C)(C)C)c1ccc2ccccc2c1)c1ccccc1. The zero-order valence-corrected chi connectivity index (χ0v) is 17.8. The topological polar surface area (TPSA) is 67.4 Å². The normalized spacial score (nSPS) is 13.3. The highest BCUT2D eigenvalue weighted by molar-refractivity contribution is 5.90. The molecule has 2 amide bonds. The molecule has 2 N–H and O–H groups in total. The highest BCUT2D eigenvalue weighted by Crippen LogP contribution is 2.23. The predicted molar refractivity (Wildman–Crippen MR) is 119 cm³/mol. The summed E-state index contributed by atoms with van der Waals surface area (Å²) in [5, 5.41) is 7.80. The van der Waals surface area contributed by atoms with Gasteiger partial charge in [0.15, 0.2) is 0 Å². The molecule has 30 heavy (non-hydrogen) atoms. The zero-order chi connectivity index (χ0) is 21.7. The van der Waals surface area contributed by atoms with Crippen LogP contribution in [0.15, 0.2) is 72.8 Å². The maximum atomic E-state index is 13.2. The number of rotatable bonds is 5. The van der Waals surface area contributed by atoms with E-state index in [4.69, 9.17) is 4.74 Å². The van der Waals surface area contributed by atoms with Crippen molar-refractivity contribution in [2.45, 2.75) is 45.4 Å². The first-order chi connectivity index (χ1) is 14.2. The van der Waals surface area contributed by atoms with Gasteiger partial charge in [0.2, 0.25) is 5.91 Å². The molecule has 0 aromatic heterocycles. The third-order valence-corrected chi connectivity index (χ3v) is 4.69. The highest BCUT2D eigenvalue weighted by atomic mass is 16.6. The van der Waals surface area contributed by atoms with Crippen molar-refractivity contribution in [2.75, 3.05) is 0 Å². The predicted octanol–water partition coefficient (Wildman–Crippen LogP) is 5.28. The number of nitrogens with one attached hydrogen (secondary N) is 2. The van der Waals surface area contributed by atoms with Gasteiger partial charge in [-0.15, -0.1) is 0 Å². The Morgan fingerprint density at radius 1 is 0.800 bits per heavy atom. The van der Waals surface area contributed by atoms with Gasteiger partial charge in [-0.25, -0.2) is 4.79 Å². The molecule has 3 rings (SSSR count). The molecule has 0 aliphatic heterocycles. The minimum atomic E-state index is -0.879. The van der Waals surface area contributed by atoms with Crippen LogP contribution in [0.5, 0.6) is 0 Å². The molecule has 0 aliphatic carbocycles. The molecule has 0 saturated heterocycles. The van der Waals surface area contributed by atoms with E-state index in [1.807, 2.05) is 79.7 Å². The average Bonchev–Trinajstić information content (AvgIpc) is 2.71. The lowest BCUT2D eigenvalue weighted by Gasteiger charge is -2.25. The molecule has 5 heteroatoms. The van der Waals surface area contributed by atoms with E-state index >= 15 is 0 Å². The van der Waals surface area contributed by atoms with E-state index in [0.29, 0.717) is 5.56 Å². The summed E-state index contributed by atoms with van der Waals surface area (Å²) in [6.45, 7) is 7.28. The molecule has 3 aromatic carbocycles. The largest absolute Gasteiger partial charge is 0.444 e. The molecular formula is C25H28N2O3. The maximum absolute atomic E-state index is 13.2. The van der Waals surface area contributed by atoms with Gasteiger partial charge in [0.1, 0.15) is 11.6 Å². The van der Waals surface area contributed by atoms with E-state index in [-0.39, 0.29) is 11.9 Å². The molecule has 156 valence electrons. The van der Waals surface area contributed by atoms with Gasteiger partial charge < -0.3 is 15.4 Å². The standard InChI is InChI=1S/C25H28N2O3/c1-17(18-10-6-5-7-11-18)26-23(28)22(27-24(29)30-25(2,3)4)21-15-14-19-12-8-9-13-20(19)16-21/h5-17,22H,1-4H3,(H,26,28)(H,27,29). The minimum Gasteiger partial charge on any atom is -0.444 e. The van der Waals surface area contributed by atoms with Crippen LogP contribution in [0.2, 0.25) is 0 Å². The average molecular weight is 405 g/mol. The van der Waals surface area contributed by atoms with Crippen molar-refractivity contribution < 1.29 is 14.3 Å². The molecule has 0 fully saturated rings. The Labute approximate surface area is 177 Å². The summed E-state index contributed by atoms with van der Waals surface area (Å²) in [6, 6.07) is 22.2. The second-order valence-electron chi connectivity index (χ2n) is 8.33. The summed E-state index contributed by atoms with van der Waals surface area (Å²) in [7, 11) is 0. The third-order valence-electron chi connectivity index (χ3n) is 4.69. The number of amides is 2. The van der Waals surface area contributed by atoms with E-state index in [9.17, 15) is 9.59 Å². The summed E-state index contributed by atoms with van der Waals surface area (Å²) < 4.78 is 5.39. The van der Waals surface area contributed by atoms with Crippen molar-refractivity contribution in [3.63, 3.8) is 0 Å². The van der Waals surface area contributed by atoms with E-state index < -0.39 is 17.7 Å². The number of hydrogen-bond donors (Lipinski definition) is 2. The van der Waals surface area contributed by atoms with Crippen LogP contribution in [-0.2, 0) is 9.53 Å². The Bertz CT molecular complexity index is 1030. The van der Waals surface area contributed by atoms with Gasteiger partial charge in [0.25, 0.3) is 0 Å². The number of ether oxygens (including phenoxy) is 1. The number of carbonyl (C=O) groups excluding carboxylic acids is 2. The van der Waals surface area contributed by atoms with E-state index in [1.165, 1.54) is 0 Å². The molecule has 2 atom stereocenters. The number of hydrogen-bond acceptors (Lipinski definition) is 3. The monoisotopic (exact) mass is 404 g/mol. The molecular weight excluding hydrogens is 376 g/mol. The van der Waals surface area contributed by atoms with Crippen LogP contribution < -0.4 is 10.6 Å².